The first-order valence-corrected chi connectivity index (χ1v) is 6.98. The van der Waals surface area contributed by atoms with Gasteiger partial charge in [0.15, 0.2) is 0 Å². The van der Waals surface area contributed by atoms with Gasteiger partial charge in [-0.2, -0.15) is 0 Å². The number of rotatable bonds is 9. The van der Waals surface area contributed by atoms with Gasteiger partial charge in [-0.05, 0) is 18.9 Å². The van der Waals surface area contributed by atoms with E-state index in [9.17, 15) is 4.79 Å². The number of carbonyl (C=O) groups excluding carboxylic acids is 1. The Kier molecular flexibility index (Phi) is 7.10. The van der Waals surface area contributed by atoms with Gasteiger partial charge in [0.05, 0.1) is 11.9 Å². The Labute approximate surface area is 115 Å². The third-order valence-electron chi connectivity index (χ3n) is 2.60. The smallest absolute Gasteiger partial charge is 0.241 e. The molecule has 1 heterocycles. The fourth-order valence-electron chi connectivity index (χ4n) is 1.59. The van der Waals surface area contributed by atoms with Gasteiger partial charge in [0.2, 0.25) is 5.91 Å². The van der Waals surface area contributed by atoms with Crippen LogP contribution < -0.4 is 10.6 Å². The molecule has 0 spiro atoms. The lowest BCUT2D eigenvalue weighted by Crippen LogP contribution is -2.28. The Bertz CT molecular complexity index is 375. The molecule has 0 aliphatic carbocycles. The highest BCUT2D eigenvalue weighted by molar-refractivity contribution is 5.75. The van der Waals surface area contributed by atoms with Gasteiger partial charge in [-0.15, -0.1) is 5.10 Å². The quantitative estimate of drug-likeness (QED) is 0.653. The first kappa shape index (κ1) is 15.6. The summed E-state index contributed by atoms with van der Waals surface area (Å²) in [6, 6.07) is 0. The monoisotopic (exact) mass is 267 g/mol. The van der Waals surface area contributed by atoms with E-state index in [1.54, 1.807) is 4.68 Å². The molecule has 1 rings (SSSR count). The molecule has 0 bridgehead atoms. The van der Waals surface area contributed by atoms with Crippen molar-refractivity contribution >= 4 is 5.91 Å². The van der Waals surface area contributed by atoms with Crippen molar-refractivity contribution in [1.29, 1.82) is 0 Å². The van der Waals surface area contributed by atoms with Gasteiger partial charge in [0.1, 0.15) is 6.54 Å². The second-order valence-electron chi connectivity index (χ2n) is 5.14. The van der Waals surface area contributed by atoms with Gasteiger partial charge in [0, 0.05) is 13.1 Å². The highest BCUT2D eigenvalue weighted by atomic mass is 16.2. The first-order chi connectivity index (χ1) is 9.11. The van der Waals surface area contributed by atoms with Crippen LogP contribution in [-0.4, -0.2) is 34.0 Å². The molecule has 6 nitrogen and oxygen atoms in total. The third kappa shape index (κ3) is 6.91. The number of unbranched alkanes of at least 4 members (excludes halogenated alkanes) is 1. The van der Waals surface area contributed by atoms with Crippen LogP contribution in [0.5, 0.6) is 0 Å². The van der Waals surface area contributed by atoms with Crippen molar-refractivity contribution in [2.75, 3.05) is 13.1 Å². The molecule has 1 amide bonds. The summed E-state index contributed by atoms with van der Waals surface area (Å²) in [6.07, 6.45) is 3.90. The summed E-state index contributed by atoms with van der Waals surface area (Å²) in [5.74, 6) is 0.597. The summed E-state index contributed by atoms with van der Waals surface area (Å²) < 4.78 is 1.58. The van der Waals surface area contributed by atoms with E-state index in [0.29, 0.717) is 12.5 Å². The van der Waals surface area contributed by atoms with E-state index in [2.05, 4.69) is 41.7 Å². The maximum Gasteiger partial charge on any atom is 0.241 e. The molecule has 0 aliphatic rings. The van der Waals surface area contributed by atoms with Crippen LogP contribution in [0.2, 0.25) is 0 Å². The van der Waals surface area contributed by atoms with Crippen LogP contribution in [0.15, 0.2) is 6.20 Å². The summed E-state index contributed by atoms with van der Waals surface area (Å²) in [4.78, 5) is 11.6. The van der Waals surface area contributed by atoms with Gasteiger partial charge in [-0.3, -0.25) is 4.79 Å². The zero-order valence-corrected chi connectivity index (χ0v) is 12.1. The molecule has 0 radical (unpaired) electrons. The second kappa shape index (κ2) is 8.63. The van der Waals surface area contributed by atoms with Crippen molar-refractivity contribution in [2.45, 2.75) is 46.7 Å². The van der Waals surface area contributed by atoms with E-state index in [1.807, 2.05) is 6.20 Å². The van der Waals surface area contributed by atoms with Crippen molar-refractivity contribution in [3.05, 3.63) is 11.9 Å². The molecule has 6 heteroatoms. The minimum absolute atomic E-state index is 0.0139. The van der Waals surface area contributed by atoms with E-state index in [-0.39, 0.29) is 12.5 Å². The molecular weight excluding hydrogens is 242 g/mol. The van der Waals surface area contributed by atoms with Crippen molar-refractivity contribution < 1.29 is 4.79 Å². The lowest BCUT2D eigenvalue weighted by molar-refractivity contribution is -0.121. The Morgan fingerprint density at radius 1 is 1.47 bits per heavy atom. The molecule has 2 N–H and O–H groups in total. The van der Waals surface area contributed by atoms with E-state index in [4.69, 9.17) is 0 Å². The summed E-state index contributed by atoms with van der Waals surface area (Å²) >= 11 is 0. The molecule has 0 saturated carbocycles. The summed E-state index contributed by atoms with van der Waals surface area (Å²) in [5.41, 5.74) is 0.863. The molecule has 108 valence electrons. The number of hydrogen-bond donors (Lipinski definition) is 2. The SMILES string of the molecule is CCCCNC(=O)Cn1cc(CNCC(C)C)nn1. The standard InChI is InChI=1S/C13H25N5O/c1-4-5-6-15-13(19)10-18-9-12(16-17-18)8-14-7-11(2)3/h9,11,14H,4-8,10H2,1-3H3,(H,15,19). The van der Waals surface area contributed by atoms with Gasteiger partial charge in [-0.1, -0.05) is 32.4 Å². The number of carbonyl (C=O) groups is 1. The topological polar surface area (TPSA) is 71.8 Å². The van der Waals surface area contributed by atoms with Gasteiger partial charge < -0.3 is 10.6 Å². The molecule has 0 saturated heterocycles. The normalized spacial score (nSPS) is 10.9. The maximum absolute atomic E-state index is 11.6. The Balaban J connectivity index is 2.27. The molecule has 0 fully saturated rings. The zero-order chi connectivity index (χ0) is 14.1. The van der Waals surface area contributed by atoms with Gasteiger partial charge >= 0.3 is 0 Å². The maximum atomic E-state index is 11.6. The number of hydrogen-bond acceptors (Lipinski definition) is 4. The summed E-state index contributed by atoms with van der Waals surface area (Å²) in [7, 11) is 0. The molecule has 0 atom stereocenters. The molecule has 0 aromatic carbocycles. The Morgan fingerprint density at radius 3 is 2.95 bits per heavy atom. The fourth-order valence-corrected chi connectivity index (χ4v) is 1.59. The zero-order valence-electron chi connectivity index (χ0n) is 12.1. The second-order valence-corrected chi connectivity index (χ2v) is 5.14. The van der Waals surface area contributed by atoms with Crippen LogP contribution in [-0.2, 0) is 17.9 Å². The first-order valence-electron chi connectivity index (χ1n) is 6.98. The van der Waals surface area contributed by atoms with Crippen molar-refractivity contribution in [3.8, 4) is 0 Å². The van der Waals surface area contributed by atoms with E-state index in [0.717, 1.165) is 31.6 Å². The van der Waals surface area contributed by atoms with Crippen molar-refractivity contribution in [3.63, 3.8) is 0 Å². The lowest BCUT2D eigenvalue weighted by Gasteiger charge is -2.04. The van der Waals surface area contributed by atoms with Crippen LogP contribution in [0.1, 0.15) is 39.3 Å². The van der Waals surface area contributed by atoms with E-state index >= 15 is 0 Å². The number of nitrogens with one attached hydrogen (secondary N) is 2. The van der Waals surface area contributed by atoms with Crippen molar-refractivity contribution in [1.82, 2.24) is 25.6 Å². The number of aromatic nitrogens is 3. The van der Waals surface area contributed by atoms with Crippen LogP contribution in [0.3, 0.4) is 0 Å². The predicted octanol–water partition coefficient (Wildman–Crippen LogP) is 0.940. The lowest BCUT2D eigenvalue weighted by atomic mass is 10.2. The average Bonchev–Trinajstić information content (AvgIpc) is 2.76. The minimum Gasteiger partial charge on any atom is -0.354 e. The van der Waals surface area contributed by atoms with Crippen LogP contribution in [0.25, 0.3) is 0 Å². The third-order valence-corrected chi connectivity index (χ3v) is 2.60. The summed E-state index contributed by atoms with van der Waals surface area (Å²) in [5, 5.41) is 14.1. The van der Waals surface area contributed by atoms with Crippen LogP contribution >= 0.6 is 0 Å². The Morgan fingerprint density at radius 2 is 2.26 bits per heavy atom. The van der Waals surface area contributed by atoms with E-state index < -0.39 is 0 Å². The number of amides is 1. The minimum atomic E-state index is -0.0139. The van der Waals surface area contributed by atoms with Crippen LogP contribution in [0, 0.1) is 5.92 Å². The fraction of sp³-hybridized carbons (Fsp3) is 0.769. The van der Waals surface area contributed by atoms with E-state index in [1.165, 1.54) is 0 Å². The predicted molar refractivity (Wildman–Crippen MR) is 74.5 cm³/mol. The largest absolute Gasteiger partial charge is 0.354 e. The number of nitrogens with zero attached hydrogens (tertiary/aromatic N) is 3. The molecule has 0 unspecified atom stereocenters. The highest BCUT2D eigenvalue weighted by Crippen LogP contribution is 1.94. The van der Waals surface area contributed by atoms with Gasteiger partial charge in [0.25, 0.3) is 0 Å². The van der Waals surface area contributed by atoms with Crippen LogP contribution in [0.4, 0.5) is 0 Å². The highest BCUT2D eigenvalue weighted by Gasteiger charge is 2.05. The Hall–Kier alpha value is -1.43. The van der Waals surface area contributed by atoms with Gasteiger partial charge in [-0.25, -0.2) is 4.68 Å². The molecule has 0 aliphatic heterocycles. The molecule has 1 aromatic rings. The molecule has 19 heavy (non-hydrogen) atoms. The van der Waals surface area contributed by atoms with Crippen molar-refractivity contribution in [2.24, 2.45) is 5.92 Å². The summed E-state index contributed by atoms with van der Waals surface area (Å²) in [6.45, 7) is 9.02. The average molecular weight is 267 g/mol. The molecular formula is C13H25N5O. The molecule has 1 aromatic heterocycles.